The minimum absolute atomic E-state index is 0.181. The van der Waals surface area contributed by atoms with E-state index in [4.69, 9.17) is 4.74 Å². The summed E-state index contributed by atoms with van der Waals surface area (Å²) in [5, 5.41) is 0. The molecule has 0 spiro atoms. The molecule has 0 aromatic heterocycles. The average molecular weight is 266 g/mol. The topological polar surface area (TPSA) is 9.23 Å². The van der Waals surface area contributed by atoms with E-state index in [1.54, 1.807) is 12.1 Å². The number of benzene rings is 2. The van der Waals surface area contributed by atoms with Crippen molar-refractivity contribution in [3.05, 3.63) is 59.7 Å². The van der Waals surface area contributed by atoms with E-state index in [0.717, 1.165) is 18.1 Å². The molecule has 2 rings (SSSR count). The molecule has 0 atom stereocenters. The van der Waals surface area contributed by atoms with Crippen molar-refractivity contribution in [3.8, 4) is 11.5 Å². The Morgan fingerprint density at radius 2 is 1.58 bits per heavy atom. The van der Waals surface area contributed by atoms with Crippen LogP contribution in [0.5, 0.6) is 11.5 Å². The van der Waals surface area contributed by atoms with E-state index in [1.165, 1.54) is 18.2 Å². The zero-order valence-electron chi connectivity index (χ0n) is 10.4. The zero-order valence-corrected chi connectivity index (χ0v) is 10.4. The standard InChI is InChI=1S/C15H13F3O/c1-2-11-7-9-12(10-8-11)19-14-6-4-3-5-13(14)15(16,17)18/h3-10H,2H2,1H3. The lowest BCUT2D eigenvalue weighted by atomic mass is 10.1. The Balaban J connectivity index is 2.28. The number of ether oxygens (including phenoxy) is 1. The van der Waals surface area contributed by atoms with E-state index in [0.29, 0.717) is 5.75 Å². The Morgan fingerprint density at radius 3 is 2.16 bits per heavy atom. The maximum Gasteiger partial charge on any atom is 0.419 e. The van der Waals surface area contributed by atoms with Gasteiger partial charge in [-0.1, -0.05) is 31.2 Å². The molecule has 0 aliphatic rings. The Bertz CT molecular complexity index is 544. The smallest absolute Gasteiger partial charge is 0.419 e. The fourth-order valence-electron chi connectivity index (χ4n) is 1.71. The van der Waals surface area contributed by atoms with E-state index in [1.807, 2.05) is 19.1 Å². The van der Waals surface area contributed by atoms with Crippen molar-refractivity contribution in [2.24, 2.45) is 0 Å². The number of rotatable bonds is 3. The third kappa shape index (κ3) is 3.28. The lowest BCUT2D eigenvalue weighted by Crippen LogP contribution is -2.06. The third-order valence-corrected chi connectivity index (χ3v) is 2.75. The Morgan fingerprint density at radius 1 is 0.947 bits per heavy atom. The average Bonchev–Trinajstić information content (AvgIpc) is 2.39. The highest BCUT2D eigenvalue weighted by atomic mass is 19.4. The van der Waals surface area contributed by atoms with Gasteiger partial charge in [0.05, 0.1) is 5.56 Å². The van der Waals surface area contributed by atoms with E-state index in [-0.39, 0.29) is 5.75 Å². The molecular weight excluding hydrogens is 253 g/mol. The van der Waals surface area contributed by atoms with Crippen LogP contribution in [0.2, 0.25) is 0 Å². The first-order valence-electron chi connectivity index (χ1n) is 5.93. The molecule has 2 aromatic carbocycles. The normalized spacial score (nSPS) is 11.4. The van der Waals surface area contributed by atoms with Gasteiger partial charge in [-0.3, -0.25) is 0 Å². The third-order valence-electron chi connectivity index (χ3n) is 2.75. The Kier molecular flexibility index (Phi) is 3.79. The fraction of sp³-hybridized carbons (Fsp3) is 0.200. The summed E-state index contributed by atoms with van der Waals surface area (Å²) in [6.45, 7) is 2.01. The largest absolute Gasteiger partial charge is 0.457 e. The number of para-hydroxylation sites is 1. The molecule has 0 fully saturated rings. The molecule has 1 nitrogen and oxygen atoms in total. The number of halogens is 3. The van der Waals surface area contributed by atoms with Crippen molar-refractivity contribution in [2.75, 3.05) is 0 Å². The first-order chi connectivity index (χ1) is 9.00. The molecule has 19 heavy (non-hydrogen) atoms. The molecular formula is C15H13F3O. The van der Waals surface area contributed by atoms with Crippen molar-refractivity contribution < 1.29 is 17.9 Å². The minimum Gasteiger partial charge on any atom is -0.457 e. The van der Waals surface area contributed by atoms with Gasteiger partial charge < -0.3 is 4.74 Å². The number of hydrogen-bond acceptors (Lipinski definition) is 1. The highest BCUT2D eigenvalue weighted by Gasteiger charge is 2.34. The summed E-state index contributed by atoms with van der Waals surface area (Å²) >= 11 is 0. The van der Waals surface area contributed by atoms with Crippen LogP contribution in [0.4, 0.5) is 13.2 Å². The van der Waals surface area contributed by atoms with Crippen LogP contribution in [0.3, 0.4) is 0 Å². The van der Waals surface area contributed by atoms with Crippen LogP contribution < -0.4 is 4.74 Å². The maximum atomic E-state index is 12.8. The highest BCUT2D eigenvalue weighted by molar-refractivity contribution is 5.40. The molecule has 0 bridgehead atoms. The van der Waals surface area contributed by atoms with Crippen LogP contribution >= 0.6 is 0 Å². The van der Waals surface area contributed by atoms with Crippen LogP contribution in [-0.2, 0) is 12.6 Å². The van der Waals surface area contributed by atoms with Crippen molar-refractivity contribution in [1.82, 2.24) is 0 Å². The van der Waals surface area contributed by atoms with Crippen LogP contribution in [0.15, 0.2) is 48.5 Å². The number of aryl methyl sites for hydroxylation is 1. The lowest BCUT2D eigenvalue weighted by Gasteiger charge is -2.13. The quantitative estimate of drug-likeness (QED) is 0.754. The second-order valence-electron chi connectivity index (χ2n) is 4.09. The monoisotopic (exact) mass is 266 g/mol. The second kappa shape index (κ2) is 5.34. The lowest BCUT2D eigenvalue weighted by molar-refractivity contribution is -0.138. The van der Waals surface area contributed by atoms with Crippen LogP contribution in [-0.4, -0.2) is 0 Å². The Labute approximate surface area is 109 Å². The van der Waals surface area contributed by atoms with Crippen molar-refractivity contribution >= 4 is 0 Å². The molecule has 0 saturated carbocycles. The second-order valence-corrected chi connectivity index (χ2v) is 4.09. The van der Waals surface area contributed by atoms with Crippen molar-refractivity contribution in [3.63, 3.8) is 0 Å². The van der Waals surface area contributed by atoms with Gasteiger partial charge in [0.15, 0.2) is 0 Å². The van der Waals surface area contributed by atoms with Gasteiger partial charge in [-0.25, -0.2) is 0 Å². The van der Waals surface area contributed by atoms with Crippen LogP contribution in [0.25, 0.3) is 0 Å². The van der Waals surface area contributed by atoms with Crippen LogP contribution in [0.1, 0.15) is 18.1 Å². The predicted molar refractivity (Wildman–Crippen MR) is 67.3 cm³/mol. The minimum atomic E-state index is -4.42. The SMILES string of the molecule is CCc1ccc(Oc2ccccc2C(F)(F)F)cc1. The van der Waals surface area contributed by atoms with Crippen molar-refractivity contribution in [2.45, 2.75) is 19.5 Å². The van der Waals surface area contributed by atoms with Gasteiger partial charge in [0.2, 0.25) is 0 Å². The molecule has 0 radical (unpaired) electrons. The summed E-state index contributed by atoms with van der Waals surface area (Å²) in [7, 11) is 0. The molecule has 2 aromatic rings. The summed E-state index contributed by atoms with van der Waals surface area (Å²) in [5.41, 5.74) is 0.339. The molecule has 0 aliphatic heterocycles. The molecule has 0 heterocycles. The van der Waals surface area contributed by atoms with E-state index < -0.39 is 11.7 Å². The highest BCUT2D eigenvalue weighted by Crippen LogP contribution is 2.37. The van der Waals surface area contributed by atoms with Gasteiger partial charge >= 0.3 is 6.18 Å². The van der Waals surface area contributed by atoms with Gasteiger partial charge in [-0.2, -0.15) is 13.2 Å². The van der Waals surface area contributed by atoms with Crippen LogP contribution in [0, 0.1) is 0 Å². The first kappa shape index (κ1) is 13.5. The van der Waals surface area contributed by atoms with Crippen molar-refractivity contribution in [1.29, 1.82) is 0 Å². The molecule has 0 amide bonds. The van der Waals surface area contributed by atoms with Gasteiger partial charge in [-0.15, -0.1) is 0 Å². The maximum absolute atomic E-state index is 12.8. The zero-order chi connectivity index (χ0) is 13.9. The fourth-order valence-corrected chi connectivity index (χ4v) is 1.71. The van der Waals surface area contributed by atoms with Gasteiger partial charge in [-0.05, 0) is 36.2 Å². The van der Waals surface area contributed by atoms with E-state index >= 15 is 0 Å². The number of hydrogen-bond donors (Lipinski definition) is 0. The Hall–Kier alpha value is -1.97. The molecule has 0 unspecified atom stereocenters. The molecule has 100 valence electrons. The van der Waals surface area contributed by atoms with Gasteiger partial charge in [0, 0.05) is 0 Å². The van der Waals surface area contributed by atoms with Gasteiger partial charge in [0.25, 0.3) is 0 Å². The molecule has 0 saturated heterocycles. The predicted octanol–water partition coefficient (Wildman–Crippen LogP) is 5.06. The molecule has 0 N–H and O–H groups in total. The summed E-state index contributed by atoms with van der Waals surface area (Å²) < 4.78 is 43.7. The summed E-state index contributed by atoms with van der Waals surface area (Å²) in [6, 6.07) is 12.2. The molecule has 0 aliphatic carbocycles. The van der Waals surface area contributed by atoms with E-state index in [9.17, 15) is 13.2 Å². The number of alkyl halides is 3. The first-order valence-corrected chi connectivity index (χ1v) is 5.93. The summed E-state index contributed by atoms with van der Waals surface area (Å²) in [5.74, 6) is 0.216. The summed E-state index contributed by atoms with van der Waals surface area (Å²) in [4.78, 5) is 0. The summed E-state index contributed by atoms with van der Waals surface area (Å²) in [6.07, 6.45) is -3.54. The van der Waals surface area contributed by atoms with E-state index in [2.05, 4.69) is 0 Å². The van der Waals surface area contributed by atoms with Gasteiger partial charge in [0.1, 0.15) is 11.5 Å². The molecule has 4 heteroatoms.